The van der Waals surface area contributed by atoms with Gasteiger partial charge in [-0.05, 0) is 45.1 Å². The molecule has 0 saturated carbocycles. The van der Waals surface area contributed by atoms with Gasteiger partial charge in [0, 0.05) is 6.54 Å². The number of hydrogen-bond donors (Lipinski definition) is 0. The zero-order chi connectivity index (χ0) is 14.0. The lowest BCUT2D eigenvalue weighted by Crippen LogP contribution is -2.43. The summed E-state index contributed by atoms with van der Waals surface area (Å²) in [4.78, 5) is 26.7. The summed E-state index contributed by atoms with van der Waals surface area (Å²) in [6.07, 6.45) is 1.18. The van der Waals surface area contributed by atoms with Crippen molar-refractivity contribution in [2.75, 3.05) is 6.54 Å². The van der Waals surface area contributed by atoms with Crippen LogP contribution >= 0.6 is 11.3 Å². The molecular formula is C14H19NO3S. The van der Waals surface area contributed by atoms with Gasteiger partial charge < -0.3 is 4.74 Å². The van der Waals surface area contributed by atoms with E-state index in [0.717, 1.165) is 12.8 Å². The van der Waals surface area contributed by atoms with Gasteiger partial charge >= 0.3 is 6.09 Å². The maximum atomic E-state index is 12.3. The van der Waals surface area contributed by atoms with Gasteiger partial charge in [0.15, 0.2) is 5.78 Å². The van der Waals surface area contributed by atoms with E-state index in [2.05, 4.69) is 0 Å². The van der Waals surface area contributed by atoms with Crippen LogP contribution in [0.3, 0.4) is 0 Å². The van der Waals surface area contributed by atoms with E-state index in [4.69, 9.17) is 4.74 Å². The number of nitrogens with zero attached hydrogens (tertiary/aromatic N) is 1. The van der Waals surface area contributed by atoms with Gasteiger partial charge in [-0.2, -0.15) is 0 Å². The van der Waals surface area contributed by atoms with Gasteiger partial charge in [-0.15, -0.1) is 11.3 Å². The van der Waals surface area contributed by atoms with Crippen LogP contribution in [0.5, 0.6) is 0 Å². The van der Waals surface area contributed by atoms with Crippen molar-refractivity contribution in [1.82, 2.24) is 4.90 Å². The summed E-state index contributed by atoms with van der Waals surface area (Å²) in [6.45, 7) is 6.09. The summed E-state index contributed by atoms with van der Waals surface area (Å²) in [5.74, 6) is 0.0263. The molecular weight excluding hydrogens is 262 g/mol. The lowest BCUT2D eigenvalue weighted by Gasteiger charge is -2.27. The molecule has 104 valence electrons. The fourth-order valence-corrected chi connectivity index (χ4v) is 2.87. The predicted octanol–water partition coefficient (Wildman–Crippen LogP) is 3.33. The van der Waals surface area contributed by atoms with Crippen LogP contribution in [0.1, 0.15) is 43.3 Å². The highest BCUT2D eigenvalue weighted by Crippen LogP contribution is 2.25. The number of likely N-dealkylation sites (tertiary alicyclic amines) is 1. The van der Waals surface area contributed by atoms with Crippen molar-refractivity contribution >= 4 is 23.2 Å². The summed E-state index contributed by atoms with van der Waals surface area (Å²) in [5.41, 5.74) is -0.532. The molecule has 4 nitrogen and oxygen atoms in total. The zero-order valence-electron chi connectivity index (χ0n) is 11.5. The number of amides is 1. The Kier molecular flexibility index (Phi) is 3.94. The van der Waals surface area contributed by atoms with Gasteiger partial charge in [-0.3, -0.25) is 9.69 Å². The monoisotopic (exact) mass is 281 g/mol. The van der Waals surface area contributed by atoms with Crippen LogP contribution < -0.4 is 0 Å². The second-order valence-corrected chi connectivity index (χ2v) is 6.62. The highest BCUT2D eigenvalue weighted by Gasteiger charge is 2.37. The molecule has 1 amide bonds. The number of ketones is 1. The van der Waals surface area contributed by atoms with Gasteiger partial charge in [-0.1, -0.05) is 6.07 Å². The number of carbonyl (C=O) groups excluding carboxylic acids is 2. The molecule has 1 aliphatic heterocycles. The SMILES string of the molecule is CC(C)(C)OC(=O)N1CCC[C@H]1C(=O)c1cccs1. The van der Waals surface area contributed by atoms with Crippen molar-refractivity contribution in [2.45, 2.75) is 45.3 Å². The van der Waals surface area contributed by atoms with E-state index in [1.807, 2.05) is 32.2 Å². The Labute approximate surface area is 117 Å². The van der Waals surface area contributed by atoms with E-state index < -0.39 is 5.60 Å². The van der Waals surface area contributed by atoms with Gasteiger partial charge in [0.1, 0.15) is 5.60 Å². The second-order valence-electron chi connectivity index (χ2n) is 5.67. The normalized spacial score (nSPS) is 19.5. The number of thiophene rings is 1. The van der Waals surface area contributed by atoms with Gasteiger partial charge in [0.05, 0.1) is 10.9 Å². The smallest absolute Gasteiger partial charge is 0.410 e. The molecule has 1 atom stereocenters. The fraction of sp³-hybridized carbons (Fsp3) is 0.571. The lowest BCUT2D eigenvalue weighted by atomic mass is 10.1. The standard InChI is InChI=1S/C14H19NO3S/c1-14(2,3)18-13(17)15-8-4-6-10(15)12(16)11-7-5-9-19-11/h5,7,9-10H,4,6,8H2,1-3H3/t10-/m0/s1. The Morgan fingerprint density at radius 3 is 2.74 bits per heavy atom. The molecule has 1 saturated heterocycles. The molecule has 0 aromatic carbocycles. The minimum Gasteiger partial charge on any atom is -0.444 e. The first-order valence-corrected chi connectivity index (χ1v) is 7.34. The molecule has 0 bridgehead atoms. The van der Waals surface area contributed by atoms with Gasteiger partial charge in [0.25, 0.3) is 0 Å². The lowest BCUT2D eigenvalue weighted by molar-refractivity contribution is 0.0223. The fourth-order valence-electron chi connectivity index (χ4n) is 2.16. The van der Waals surface area contributed by atoms with Gasteiger partial charge in [-0.25, -0.2) is 4.79 Å². The number of rotatable bonds is 2. The van der Waals surface area contributed by atoms with E-state index in [0.29, 0.717) is 11.4 Å². The van der Waals surface area contributed by atoms with Crippen LogP contribution in [0.4, 0.5) is 4.79 Å². The largest absolute Gasteiger partial charge is 0.444 e. The Bertz CT molecular complexity index is 462. The topological polar surface area (TPSA) is 46.6 Å². The summed E-state index contributed by atoms with van der Waals surface area (Å²) < 4.78 is 5.36. The van der Waals surface area contributed by atoms with E-state index in [-0.39, 0.29) is 17.9 Å². The molecule has 0 aliphatic carbocycles. The molecule has 1 aromatic rings. The molecule has 2 rings (SSSR count). The van der Waals surface area contributed by atoms with Crippen molar-refractivity contribution < 1.29 is 14.3 Å². The van der Waals surface area contributed by atoms with Crippen molar-refractivity contribution in [3.63, 3.8) is 0 Å². The van der Waals surface area contributed by atoms with Gasteiger partial charge in [0.2, 0.25) is 0 Å². The van der Waals surface area contributed by atoms with Crippen LogP contribution in [0, 0.1) is 0 Å². The number of hydrogen-bond acceptors (Lipinski definition) is 4. The summed E-state index contributed by atoms with van der Waals surface area (Å²) >= 11 is 1.42. The van der Waals surface area contributed by atoms with Crippen LogP contribution in [0.25, 0.3) is 0 Å². The average molecular weight is 281 g/mol. The number of carbonyl (C=O) groups is 2. The van der Waals surface area contributed by atoms with Crippen molar-refractivity contribution in [3.05, 3.63) is 22.4 Å². The van der Waals surface area contributed by atoms with Crippen LogP contribution in [0.15, 0.2) is 17.5 Å². The van der Waals surface area contributed by atoms with E-state index >= 15 is 0 Å². The summed E-state index contributed by atoms with van der Waals surface area (Å²) in [5, 5.41) is 1.88. The molecule has 0 spiro atoms. The molecule has 1 aliphatic rings. The number of ether oxygens (including phenoxy) is 1. The Balaban J connectivity index is 2.09. The number of Topliss-reactive ketones (excluding diaryl/α,β-unsaturated/α-hetero) is 1. The molecule has 1 aromatic heterocycles. The third-order valence-electron chi connectivity index (χ3n) is 2.95. The summed E-state index contributed by atoms with van der Waals surface area (Å²) in [6, 6.07) is 3.29. The molecule has 5 heteroatoms. The van der Waals surface area contributed by atoms with Crippen molar-refractivity contribution in [3.8, 4) is 0 Å². The first-order chi connectivity index (χ1) is 8.88. The maximum Gasteiger partial charge on any atom is 0.410 e. The maximum absolute atomic E-state index is 12.3. The zero-order valence-corrected chi connectivity index (χ0v) is 12.3. The molecule has 0 unspecified atom stereocenters. The van der Waals surface area contributed by atoms with Crippen LogP contribution in [0.2, 0.25) is 0 Å². The first-order valence-electron chi connectivity index (χ1n) is 6.46. The van der Waals surface area contributed by atoms with Crippen LogP contribution in [-0.4, -0.2) is 35.0 Å². The van der Waals surface area contributed by atoms with Crippen LogP contribution in [-0.2, 0) is 4.74 Å². The molecule has 19 heavy (non-hydrogen) atoms. The average Bonchev–Trinajstić information content (AvgIpc) is 2.97. The highest BCUT2D eigenvalue weighted by molar-refractivity contribution is 7.12. The van der Waals surface area contributed by atoms with E-state index in [1.54, 1.807) is 11.0 Å². The first kappa shape index (κ1) is 14.1. The predicted molar refractivity (Wildman–Crippen MR) is 74.6 cm³/mol. The van der Waals surface area contributed by atoms with Crippen molar-refractivity contribution in [1.29, 1.82) is 0 Å². The molecule has 0 radical (unpaired) electrons. The van der Waals surface area contributed by atoms with E-state index in [9.17, 15) is 9.59 Å². The Morgan fingerprint density at radius 2 is 2.16 bits per heavy atom. The molecule has 2 heterocycles. The molecule has 1 fully saturated rings. The minimum atomic E-state index is -0.532. The third-order valence-corrected chi connectivity index (χ3v) is 3.83. The molecule has 0 N–H and O–H groups in total. The Hall–Kier alpha value is -1.36. The highest BCUT2D eigenvalue weighted by atomic mass is 32.1. The summed E-state index contributed by atoms with van der Waals surface area (Å²) in [7, 11) is 0. The van der Waals surface area contributed by atoms with E-state index in [1.165, 1.54) is 11.3 Å². The Morgan fingerprint density at radius 1 is 1.42 bits per heavy atom. The quantitative estimate of drug-likeness (QED) is 0.781. The second kappa shape index (κ2) is 5.33. The van der Waals surface area contributed by atoms with Crippen molar-refractivity contribution in [2.24, 2.45) is 0 Å². The third kappa shape index (κ3) is 3.35. The minimum absolute atomic E-state index is 0.0263.